The standard InChI is InChI=1S/C22H17FN2O6S/c1-31-21-5-3-2-4-19(21)20(14-15-6-10-17(11-7-15)25(27)28)22(26)24-16-8-12-18(13-9-16)32(23,29)30/h2-14H,1H3,(H,24,26)/b20-14-. The third kappa shape index (κ3) is 5.35. The van der Waals surface area contributed by atoms with Crippen molar-refractivity contribution in [1.82, 2.24) is 0 Å². The Balaban J connectivity index is 2.00. The summed E-state index contributed by atoms with van der Waals surface area (Å²) < 4.78 is 40.4. The molecule has 0 bridgehead atoms. The number of anilines is 1. The molecule has 0 fully saturated rings. The van der Waals surface area contributed by atoms with Gasteiger partial charge in [-0.05, 0) is 54.1 Å². The Morgan fingerprint density at radius 2 is 1.66 bits per heavy atom. The predicted octanol–water partition coefficient (Wildman–Crippen LogP) is 4.44. The lowest BCUT2D eigenvalue weighted by Gasteiger charge is -2.13. The Hall–Kier alpha value is -4.05. The minimum Gasteiger partial charge on any atom is -0.496 e. The highest BCUT2D eigenvalue weighted by Crippen LogP contribution is 2.29. The zero-order valence-corrected chi connectivity index (χ0v) is 17.5. The van der Waals surface area contributed by atoms with Gasteiger partial charge < -0.3 is 10.1 Å². The molecule has 0 atom stereocenters. The Morgan fingerprint density at radius 3 is 2.22 bits per heavy atom. The molecule has 10 heteroatoms. The van der Waals surface area contributed by atoms with Gasteiger partial charge in [-0.2, -0.15) is 8.42 Å². The second-order valence-corrected chi connectivity index (χ2v) is 7.87. The summed E-state index contributed by atoms with van der Waals surface area (Å²) in [6.07, 6.45) is 1.54. The van der Waals surface area contributed by atoms with E-state index in [9.17, 15) is 27.2 Å². The quantitative estimate of drug-likeness (QED) is 0.185. The fourth-order valence-electron chi connectivity index (χ4n) is 2.89. The number of nitro benzene ring substituents is 1. The zero-order chi connectivity index (χ0) is 23.3. The van der Waals surface area contributed by atoms with Gasteiger partial charge in [0.2, 0.25) is 0 Å². The number of amides is 1. The zero-order valence-electron chi connectivity index (χ0n) is 16.7. The Morgan fingerprint density at radius 1 is 1.03 bits per heavy atom. The van der Waals surface area contributed by atoms with Crippen molar-refractivity contribution in [2.45, 2.75) is 4.90 Å². The lowest BCUT2D eigenvalue weighted by Crippen LogP contribution is -2.14. The maximum absolute atomic E-state index is 13.1. The van der Waals surface area contributed by atoms with Crippen molar-refractivity contribution in [3.05, 3.63) is 94.0 Å². The molecule has 0 saturated heterocycles. The third-order valence-electron chi connectivity index (χ3n) is 4.45. The molecule has 0 aromatic heterocycles. The summed E-state index contributed by atoms with van der Waals surface area (Å²) in [4.78, 5) is 22.9. The van der Waals surface area contributed by atoms with Crippen LogP contribution in [0.4, 0.5) is 15.3 Å². The lowest BCUT2D eigenvalue weighted by atomic mass is 10.0. The number of nitro groups is 1. The molecule has 8 nitrogen and oxygen atoms in total. The number of hydrogen-bond acceptors (Lipinski definition) is 6. The number of carbonyl (C=O) groups excluding carboxylic acids is 1. The third-order valence-corrected chi connectivity index (χ3v) is 5.29. The van der Waals surface area contributed by atoms with E-state index in [1.807, 2.05) is 0 Å². The van der Waals surface area contributed by atoms with Crippen LogP contribution >= 0.6 is 0 Å². The van der Waals surface area contributed by atoms with Crippen molar-refractivity contribution in [1.29, 1.82) is 0 Å². The predicted molar refractivity (Wildman–Crippen MR) is 117 cm³/mol. The van der Waals surface area contributed by atoms with Gasteiger partial charge >= 0.3 is 10.2 Å². The van der Waals surface area contributed by atoms with Crippen LogP contribution in [0.2, 0.25) is 0 Å². The van der Waals surface area contributed by atoms with Crippen LogP contribution in [-0.2, 0) is 15.0 Å². The molecular formula is C22H17FN2O6S. The maximum atomic E-state index is 13.1. The Labute approximate surface area is 183 Å². The lowest BCUT2D eigenvalue weighted by molar-refractivity contribution is -0.384. The first-order valence-electron chi connectivity index (χ1n) is 9.14. The van der Waals surface area contributed by atoms with Gasteiger partial charge in [-0.15, -0.1) is 3.89 Å². The van der Waals surface area contributed by atoms with Gasteiger partial charge in [0.05, 0.1) is 22.5 Å². The summed E-state index contributed by atoms with van der Waals surface area (Å²) in [5.74, 6) is -0.126. The molecule has 0 aliphatic heterocycles. The average molecular weight is 456 g/mol. The van der Waals surface area contributed by atoms with E-state index in [4.69, 9.17) is 4.74 Å². The fraction of sp³-hybridized carbons (Fsp3) is 0.0455. The van der Waals surface area contributed by atoms with E-state index in [1.54, 1.807) is 24.3 Å². The molecular weight excluding hydrogens is 439 g/mol. The number of ether oxygens (including phenoxy) is 1. The monoisotopic (exact) mass is 456 g/mol. The molecule has 3 aromatic carbocycles. The number of nitrogens with zero attached hydrogens (tertiary/aromatic N) is 1. The van der Waals surface area contributed by atoms with E-state index in [0.717, 1.165) is 12.1 Å². The van der Waals surface area contributed by atoms with Gasteiger partial charge in [-0.1, -0.05) is 18.2 Å². The number of methoxy groups -OCH3 is 1. The number of halogens is 1. The molecule has 0 saturated carbocycles. The van der Waals surface area contributed by atoms with Crippen molar-refractivity contribution >= 4 is 39.2 Å². The number of carbonyl (C=O) groups is 1. The number of rotatable bonds is 7. The van der Waals surface area contributed by atoms with Crippen LogP contribution in [0.3, 0.4) is 0 Å². The molecule has 0 heterocycles. The highest BCUT2D eigenvalue weighted by atomic mass is 32.3. The molecule has 3 aromatic rings. The highest BCUT2D eigenvalue weighted by Gasteiger charge is 2.18. The number of hydrogen-bond donors (Lipinski definition) is 1. The average Bonchev–Trinajstić information content (AvgIpc) is 2.77. The smallest absolute Gasteiger partial charge is 0.332 e. The molecule has 3 rings (SSSR count). The minimum atomic E-state index is -4.86. The van der Waals surface area contributed by atoms with E-state index < -0.39 is 25.9 Å². The first kappa shape index (κ1) is 22.6. The fourth-order valence-corrected chi connectivity index (χ4v) is 3.35. The first-order chi connectivity index (χ1) is 15.2. The van der Waals surface area contributed by atoms with Crippen molar-refractivity contribution < 1.29 is 26.8 Å². The van der Waals surface area contributed by atoms with E-state index >= 15 is 0 Å². The first-order valence-corrected chi connectivity index (χ1v) is 10.5. The summed E-state index contributed by atoms with van der Waals surface area (Å²) >= 11 is 0. The van der Waals surface area contributed by atoms with Gasteiger partial charge in [0.25, 0.3) is 11.6 Å². The molecule has 0 spiro atoms. The maximum Gasteiger partial charge on any atom is 0.332 e. The second-order valence-electron chi connectivity index (χ2n) is 6.52. The summed E-state index contributed by atoms with van der Waals surface area (Å²) in [6, 6.07) is 17.0. The van der Waals surface area contributed by atoms with E-state index in [1.165, 1.54) is 49.6 Å². The molecule has 0 aliphatic rings. The molecule has 1 amide bonds. The normalized spacial score (nSPS) is 11.6. The summed E-state index contributed by atoms with van der Waals surface area (Å²) in [5.41, 5.74) is 1.35. The van der Waals surface area contributed by atoms with Crippen LogP contribution in [0.1, 0.15) is 11.1 Å². The molecule has 164 valence electrons. The number of non-ortho nitro benzene ring substituents is 1. The Kier molecular flexibility index (Phi) is 6.64. The van der Waals surface area contributed by atoms with Crippen molar-refractivity contribution in [3.8, 4) is 5.75 Å². The largest absolute Gasteiger partial charge is 0.496 e. The number of para-hydroxylation sites is 1. The van der Waals surface area contributed by atoms with Crippen molar-refractivity contribution in [2.75, 3.05) is 12.4 Å². The second kappa shape index (κ2) is 9.40. The highest BCUT2D eigenvalue weighted by molar-refractivity contribution is 7.86. The van der Waals surface area contributed by atoms with E-state index in [0.29, 0.717) is 16.9 Å². The van der Waals surface area contributed by atoms with Gasteiger partial charge in [0, 0.05) is 23.4 Å². The van der Waals surface area contributed by atoms with Crippen LogP contribution in [-0.4, -0.2) is 26.4 Å². The molecule has 1 N–H and O–H groups in total. The molecule has 0 radical (unpaired) electrons. The van der Waals surface area contributed by atoms with Crippen LogP contribution in [0, 0.1) is 10.1 Å². The van der Waals surface area contributed by atoms with Gasteiger partial charge in [-0.3, -0.25) is 14.9 Å². The molecule has 0 aliphatic carbocycles. The van der Waals surface area contributed by atoms with Crippen LogP contribution in [0.25, 0.3) is 11.6 Å². The minimum absolute atomic E-state index is 0.0895. The van der Waals surface area contributed by atoms with Gasteiger partial charge in [-0.25, -0.2) is 0 Å². The summed E-state index contributed by atoms with van der Waals surface area (Å²) in [6.45, 7) is 0. The SMILES string of the molecule is COc1ccccc1/C(=C/c1ccc([N+](=O)[O-])cc1)C(=O)Nc1ccc(S(=O)(=O)F)cc1. The summed E-state index contributed by atoms with van der Waals surface area (Å²) in [5, 5.41) is 13.5. The number of nitrogens with one attached hydrogen (secondary N) is 1. The van der Waals surface area contributed by atoms with Crippen molar-refractivity contribution in [2.24, 2.45) is 0 Å². The van der Waals surface area contributed by atoms with Crippen molar-refractivity contribution in [3.63, 3.8) is 0 Å². The number of benzene rings is 3. The molecule has 0 unspecified atom stereocenters. The van der Waals surface area contributed by atoms with Crippen LogP contribution in [0.5, 0.6) is 5.75 Å². The summed E-state index contributed by atoms with van der Waals surface area (Å²) in [7, 11) is -3.40. The van der Waals surface area contributed by atoms with E-state index in [-0.39, 0.29) is 16.9 Å². The van der Waals surface area contributed by atoms with Gasteiger partial charge in [0.1, 0.15) is 5.75 Å². The van der Waals surface area contributed by atoms with Crippen LogP contribution < -0.4 is 10.1 Å². The molecule has 32 heavy (non-hydrogen) atoms. The Bertz CT molecular complexity index is 1290. The topological polar surface area (TPSA) is 116 Å². The van der Waals surface area contributed by atoms with E-state index in [2.05, 4.69) is 5.32 Å². The van der Waals surface area contributed by atoms with Gasteiger partial charge in [0.15, 0.2) is 0 Å². The van der Waals surface area contributed by atoms with Crippen LogP contribution in [0.15, 0.2) is 77.7 Å².